The topological polar surface area (TPSA) is 165 Å². The number of fused-ring (bicyclic) bond motifs is 3. The molecular formula is C31H34FN3O7. The van der Waals surface area contributed by atoms with Crippen molar-refractivity contribution in [1.29, 1.82) is 0 Å². The number of nitrogens with zero attached hydrogens (tertiary/aromatic N) is 2. The number of aliphatic hydroxyl groups is 3. The van der Waals surface area contributed by atoms with Crippen LogP contribution in [0.4, 0.5) is 4.39 Å². The van der Waals surface area contributed by atoms with Crippen LogP contribution in [0.3, 0.4) is 0 Å². The quantitative estimate of drug-likeness (QED) is 0.309. The van der Waals surface area contributed by atoms with E-state index in [1.54, 1.807) is 20.2 Å². The summed E-state index contributed by atoms with van der Waals surface area (Å²) in [5.74, 6) is -6.85. The fourth-order valence-corrected chi connectivity index (χ4v) is 6.84. The molecule has 3 aliphatic rings. The van der Waals surface area contributed by atoms with E-state index < -0.39 is 64.7 Å². The molecule has 0 aromatic heterocycles. The number of ketones is 2. The number of hydrogen-bond donors (Lipinski definition) is 5. The number of halogens is 1. The predicted octanol–water partition coefficient (Wildman–Crippen LogP) is 2.03. The van der Waals surface area contributed by atoms with Gasteiger partial charge >= 0.3 is 0 Å². The molecule has 4 atom stereocenters. The molecule has 3 aliphatic carbocycles. The average molecular weight is 580 g/mol. The molecule has 10 nitrogen and oxygen atoms in total. The van der Waals surface area contributed by atoms with Crippen LogP contribution in [0.15, 0.2) is 53.3 Å². The van der Waals surface area contributed by atoms with Crippen molar-refractivity contribution < 1.29 is 39.2 Å². The van der Waals surface area contributed by atoms with Gasteiger partial charge in [-0.05, 0) is 68.2 Å². The normalized spacial score (nSPS) is 25.5. The Bertz CT molecular complexity index is 1550. The fourth-order valence-electron chi connectivity index (χ4n) is 6.84. The number of benzene rings is 2. The Labute approximate surface area is 242 Å². The summed E-state index contributed by atoms with van der Waals surface area (Å²) in [6, 6.07) is 9.59. The maximum absolute atomic E-state index is 14.0. The van der Waals surface area contributed by atoms with Gasteiger partial charge in [0.1, 0.15) is 29.5 Å². The van der Waals surface area contributed by atoms with Crippen LogP contribution in [-0.4, -0.2) is 93.7 Å². The van der Waals surface area contributed by atoms with Gasteiger partial charge in [-0.15, -0.1) is 0 Å². The Morgan fingerprint density at radius 2 is 1.74 bits per heavy atom. The molecule has 1 saturated carbocycles. The van der Waals surface area contributed by atoms with Crippen LogP contribution < -0.4 is 5.73 Å². The number of carbonyl (C=O) groups is 3. The maximum atomic E-state index is 14.0. The number of Topliss-reactive ketones (excluding diaryl/α,β-unsaturated/α-hetero) is 2. The second-order valence-electron chi connectivity index (χ2n) is 11.6. The summed E-state index contributed by atoms with van der Waals surface area (Å²) in [6.45, 7) is 0.430. The number of aromatic hydroxyl groups is 1. The highest BCUT2D eigenvalue weighted by molar-refractivity contribution is 6.24. The van der Waals surface area contributed by atoms with Crippen LogP contribution in [0.25, 0.3) is 16.9 Å². The number of phenols is 1. The van der Waals surface area contributed by atoms with E-state index in [0.717, 1.165) is 11.1 Å². The number of likely N-dealkylation sites (N-methyl/N-ethyl adjacent to an activating group) is 1. The van der Waals surface area contributed by atoms with Gasteiger partial charge in [-0.2, -0.15) is 0 Å². The van der Waals surface area contributed by atoms with E-state index in [0.29, 0.717) is 24.2 Å². The second kappa shape index (κ2) is 10.6. The van der Waals surface area contributed by atoms with Crippen molar-refractivity contribution in [3.05, 3.63) is 70.0 Å². The number of amides is 1. The Morgan fingerprint density at radius 1 is 1.07 bits per heavy atom. The van der Waals surface area contributed by atoms with Gasteiger partial charge in [0.05, 0.1) is 11.6 Å². The standard InChI is InChI=1S/C31H34FN3O7/c1-34(2)25-20-13-17-12-19-18(16-6-4-15(5-7-16)14-35(3)11-10-32)8-9-21(36)23(19)26(37)22(17)28(39)31(20,42)29(40)24(27(25)38)30(33)41/h4-9,17,20,25,36-37,40,42H,10-14H2,1-3H3,(H2,33,41)/t17-,20-,25+,31-/m0/s1. The van der Waals surface area contributed by atoms with E-state index in [1.807, 2.05) is 36.2 Å². The van der Waals surface area contributed by atoms with Crippen molar-refractivity contribution in [3.8, 4) is 16.9 Å². The van der Waals surface area contributed by atoms with Crippen molar-refractivity contribution in [1.82, 2.24) is 9.80 Å². The third-order valence-corrected chi connectivity index (χ3v) is 8.79. The van der Waals surface area contributed by atoms with Gasteiger partial charge < -0.3 is 26.2 Å². The van der Waals surface area contributed by atoms with E-state index in [-0.39, 0.29) is 29.7 Å². The SMILES string of the molecule is CN(CCF)Cc1ccc(-c2ccc(O)c3c2C[C@H]2C[C@H]4[C@@H](N(C)C)C(=O)C(C(N)=O)=C(O)[C@@]4(O)C(=O)C2=C3O)cc1. The van der Waals surface area contributed by atoms with Crippen molar-refractivity contribution in [2.75, 3.05) is 34.4 Å². The van der Waals surface area contributed by atoms with Gasteiger partial charge in [0.15, 0.2) is 11.4 Å². The van der Waals surface area contributed by atoms with Crippen LogP contribution in [0.5, 0.6) is 5.75 Å². The smallest absolute Gasteiger partial charge is 0.255 e. The zero-order chi connectivity index (χ0) is 30.7. The van der Waals surface area contributed by atoms with Gasteiger partial charge in [0, 0.05) is 24.6 Å². The Balaban J connectivity index is 1.62. The molecule has 2 aromatic carbocycles. The molecule has 0 saturated heterocycles. The van der Waals surface area contributed by atoms with Gasteiger partial charge in [0.2, 0.25) is 5.78 Å². The molecule has 1 amide bonds. The third-order valence-electron chi connectivity index (χ3n) is 8.79. The van der Waals surface area contributed by atoms with Gasteiger partial charge in [-0.3, -0.25) is 24.2 Å². The molecule has 2 aromatic rings. The molecule has 6 N–H and O–H groups in total. The molecule has 0 aliphatic heterocycles. The minimum Gasteiger partial charge on any atom is -0.508 e. The summed E-state index contributed by atoms with van der Waals surface area (Å²) < 4.78 is 12.7. The van der Waals surface area contributed by atoms with Crippen molar-refractivity contribution in [3.63, 3.8) is 0 Å². The molecule has 0 heterocycles. The Kier molecular flexibility index (Phi) is 7.46. The lowest BCUT2D eigenvalue weighted by molar-refractivity contribution is -0.153. The molecule has 1 fully saturated rings. The van der Waals surface area contributed by atoms with E-state index in [9.17, 15) is 39.2 Å². The molecule has 0 spiro atoms. The largest absolute Gasteiger partial charge is 0.508 e. The number of aliphatic hydroxyl groups excluding tert-OH is 2. The summed E-state index contributed by atoms with van der Waals surface area (Å²) in [7, 11) is 4.94. The number of primary amides is 1. The molecule has 0 unspecified atom stereocenters. The number of rotatable bonds is 7. The second-order valence-corrected chi connectivity index (χ2v) is 11.6. The summed E-state index contributed by atoms with van der Waals surface area (Å²) in [6.07, 6.45) is 0.208. The first-order valence-electron chi connectivity index (χ1n) is 13.7. The molecule has 11 heteroatoms. The Hall–Kier alpha value is -4.06. The lowest BCUT2D eigenvalue weighted by Gasteiger charge is -2.50. The first kappa shape index (κ1) is 29.4. The van der Waals surface area contributed by atoms with Gasteiger partial charge in [0.25, 0.3) is 5.91 Å². The van der Waals surface area contributed by atoms with Crippen LogP contribution >= 0.6 is 0 Å². The molecular weight excluding hydrogens is 545 g/mol. The highest BCUT2D eigenvalue weighted by atomic mass is 19.1. The lowest BCUT2D eigenvalue weighted by Crippen LogP contribution is -2.65. The molecule has 5 rings (SSSR count). The number of carbonyl (C=O) groups excluding carboxylic acids is 3. The maximum Gasteiger partial charge on any atom is 0.255 e. The third kappa shape index (κ3) is 4.39. The molecule has 0 radical (unpaired) electrons. The van der Waals surface area contributed by atoms with Crippen LogP contribution in [0.2, 0.25) is 0 Å². The summed E-state index contributed by atoms with van der Waals surface area (Å²) in [5.41, 5.74) is 4.76. The van der Waals surface area contributed by atoms with Gasteiger partial charge in [-0.1, -0.05) is 30.3 Å². The fraction of sp³-hybridized carbons (Fsp3) is 0.387. The van der Waals surface area contributed by atoms with Crippen molar-refractivity contribution in [2.45, 2.75) is 31.0 Å². The first-order valence-corrected chi connectivity index (χ1v) is 13.7. The lowest BCUT2D eigenvalue weighted by atomic mass is 9.57. The number of alkyl halides is 1. The zero-order valence-corrected chi connectivity index (χ0v) is 23.6. The zero-order valence-electron chi connectivity index (χ0n) is 23.6. The van der Waals surface area contributed by atoms with E-state index in [2.05, 4.69) is 0 Å². The van der Waals surface area contributed by atoms with E-state index in [4.69, 9.17) is 5.73 Å². The summed E-state index contributed by atoms with van der Waals surface area (Å²) >= 11 is 0. The summed E-state index contributed by atoms with van der Waals surface area (Å²) in [4.78, 5) is 42.7. The van der Waals surface area contributed by atoms with E-state index in [1.165, 1.54) is 11.0 Å². The molecule has 222 valence electrons. The summed E-state index contributed by atoms with van der Waals surface area (Å²) in [5, 5.41) is 44.9. The number of phenolic OH excluding ortho intramolecular Hbond substituents is 1. The first-order chi connectivity index (χ1) is 19.8. The van der Waals surface area contributed by atoms with Crippen LogP contribution in [0.1, 0.15) is 23.1 Å². The predicted molar refractivity (Wildman–Crippen MR) is 152 cm³/mol. The molecule has 0 bridgehead atoms. The highest BCUT2D eigenvalue weighted by Crippen LogP contribution is 2.53. The number of hydrogen-bond acceptors (Lipinski definition) is 9. The highest BCUT2D eigenvalue weighted by Gasteiger charge is 2.64. The van der Waals surface area contributed by atoms with Crippen LogP contribution in [-0.2, 0) is 27.3 Å². The monoisotopic (exact) mass is 579 g/mol. The minimum absolute atomic E-state index is 0.0146. The average Bonchev–Trinajstić information content (AvgIpc) is 2.91. The minimum atomic E-state index is -2.68. The van der Waals surface area contributed by atoms with E-state index >= 15 is 0 Å². The van der Waals surface area contributed by atoms with Gasteiger partial charge in [-0.25, -0.2) is 4.39 Å². The Morgan fingerprint density at radius 3 is 2.33 bits per heavy atom. The molecule has 42 heavy (non-hydrogen) atoms. The van der Waals surface area contributed by atoms with Crippen LogP contribution in [0, 0.1) is 11.8 Å². The number of nitrogens with two attached hydrogens (primary N) is 1. The van der Waals surface area contributed by atoms with Crippen molar-refractivity contribution in [2.24, 2.45) is 17.6 Å². The van der Waals surface area contributed by atoms with Crippen molar-refractivity contribution >= 4 is 23.2 Å².